The quantitative estimate of drug-likeness (QED) is 0.663. The van der Waals surface area contributed by atoms with Gasteiger partial charge in [0.05, 0.1) is 23.4 Å². The fourth-order valence-electron chi connectivity index (χ4n) is 2.10. The van der Waals surface area contributed by atoms with Crippen LogP contribution in [0.1, 0.15) is 23.2 Å². The minimum atomic E-state index is -0.430. The Morgan fingerprint density at radius 1 is 1.58 bits per heavy atom. The molecule has 1 saturated heterocycles. The maximum Gasteiger partial charge on any atom is 0.340 e. The van der Waals surface area contributed by atoms with Crippen LogP contribution in [0.5, 0.6) is 0 Å². The van der Waals surface area contributed by atoms with Gasteiger partial charge in [0.15, 0.2) is 0 Å². The minimum absolute atomic E-state index is 0.322. The van der Waals surface area contributed by atoms with E-state index in [0.29, 0.717) is 28.0 Å². The number of carbonyl (C=O) groups excluding carboxylic acids is 1. The minimum Gasteiger partial charge on any atom is -0.465 e. The van der Waals surface area contributed by atoms with Crippen molar-refractivity contribution in [3.63, 3.8) is 0 Å². The second-order valence-corrected chi connectivity index (χ2v) is 6.03. The number of benzene rings is 1. The third-order valence-electron chi connectivity index (χ3n) is 3.03. The molecule has 1 atom stereocenters. The Hall–Kier alpha value is -1.07. The summed E-state index contributed by atoms with van der Waals surface area (Å²) in [7, 11) is 1.35. The molecule has 0 saturated carbocycles. The number of esters is 1. The van der Waals surface area contributed by atoms with Crippen LogP contribution in [0.2, 0.25) is 5.02 Å². The van der Waals surface area contributed by atoms with Crippen molar-refractivity contribution in [3.8, 4) is 0 Å². The van der Waals surface area contributed by atoms with E-state index < -0.39 is 5.97 Å². The van der Waals surface area contributed by atoms with Gasteiger partial charge in [-0.25, -0.2) is 4.79 Å². The van der Waals surface area contributed by atoms with E-state index in [9.17, 15) is 4.79 Å². The van der Waals surface area contributed by atoms with Crippen molar-refractivity contribution in [1.29, 1.82) is 0 Å². The van der Waals surface area contributed by atoms with Gasteiger partial charge in [-0.3, -0.25) is 0 Å². The molecule has 1 aliphatic rings. The van der Waals surface area contributed by atoms with Crippen molar-refractivity contribution in [2.24, 2.45) is 0 Å². The summed E-state index contributed by atoms with van der Waals surface area (Å²) in [4.78, 5) is 11.8. The largest absolute Gasteiger partial charge is 0.465 e. The maximum atomic E-state index is 11.8. The van der Waals surface area contributed by atoms with Gasteiger partial charge in [-0.1, -0.05) is 11.6 Å². The van der Waals surface area contributed by atoms with Crippen molar-refractivity contribution in [2.45, 2.75) is 18.9 Å². The van der Waals surface area contributed by atoms with Gasteiger partial charge in [0.25, 0.3) is 0 Å². The molecule has 0 aliphatic carbocycles. The first-order valence-corrected chi connectivity index (χ1v) is 7.66. The van der Waals surface area contributed by atoms with Crippen LogP contribution in [0.15, 0.2) is 12.1 Å². The van der Waals surface area contributed by atoms with Crippen LogP contribution in [-0.4, -0.2) is 30.6 Å². The summed E-state index contributed by atoms with van der Waals surface area (Å²) in [5.74, 6) is 1.78. The molecule has 19 heavy (non-hydrogen) atoms. The smallest absolute Gasteiger partial charge is 0.340 e. The molecule has 6 heteroatoms. The lowest BCUT2D eigenvalue weighted by Crippen LogP contribution is -2.27. The lowest BCUT2D eigenvalue weighted by atomic mass is 10.1. The van der Waals surface area contributed by atoms with Crippen LogP contribution in [0.4, 0.5) is 11.4 Å². The van der Waals surface area contributed by atoms with Crippen molar-refractivity contribution in [3.05, 3.63) is 22.7 Å². The lowest BCUT2D eigenvalue weighted by Gasteiger charge is -2.25. The van der Waals surface area contributed by atoms with E-state index in [1.54, 1.807) is 12.1 Å². The third-order valence-corrected chi connectivity index (χ3v) is 4.54. The Morgan fingerprint density at radius 2 is 2.37 bits per heavy atom. The van der Waals surface area contributed by atoms with Crippen LogP contribution in [0, 0.1) is 0 Å². The zero-order valence-corrected chi connectivity index (χ0v) is 12.3. The molecule has 3 N–H and O–H groups in total. The number of anilines is 2. The summed E-state index contributed by atoms with van der Waals surface area (Å²) in [5, 5.41) is 3.81. The summed E-state index contributed by atoms with van der Waals surface area (Å²) in [6.45, 7) is 0. The number of halogens is 1. The highest BCUT2D eigenvalue weighted by atomic mass is 35.5. The van der Waals surface area contributed by atoms with Crippen molar-refractivity contribution < 1.29 is 9.53 Å². The lowest BCUT2D eigenvalue weighted by molar-refractivity contribution is 0.0602. The molecule has 1 heterocycles. The summed E-state index contributed by atoms with van der Waals surface area (Å²) < 4.78 is 4.78. The molecular formula is C13H17ClN2O2S. The average molecular weight is 301 g/mol. The van der Waals surface area contributed by atoms with Crippen LogP contribution >= 0.6 is 23.4 Å². The van der Waals surface area contributed by atoms with Crippen LogP contribution in [-0.2, 0) is 4.74 Å². The van der Waals surface area contributed by atoms with E-state index in [1.807, 2.05) is 11.8 Å². The predicted molar refractivity (Wildman–Crippen MR) is 81.2 cm³/mol. The molecule has 4 nitrogen and oxygen atoms in total. The van der Waals surface area contributed by atoms with Crippen molar-refractivity contribution in [1.82, 2.24) is 0 Å². The van der Waals surface area contributed by atoms with E-state index in [2.05, 4.69) is 5.32 Å². The molecule has 1 fully saturated rings. The van der Waals surface area contributed by atoms with Gasteiger partial charge in [0.1, 0.15) is 0 Å². The van der Waals surface area contributed by atoms with E-state index in [4.69, 9.17) is 22.1 Å². The summed E-state index contributed by atoms with van der Waals surface area (Å²) >= 11 is 8.10. The number of hydrogen-bond donors (Lipinski definition) is 2. The molecule has 1 aromatic rings. The van der Waals surface area contributed by atoms with Gasteiger partial charge in [-0.15, -0.1) is 0 Å². The first kappa shape index (κ1) is 14.3. The van der Waals surface area contributed by atoms with E-state index >= 15 is 0 Å². The fraction of sp³-hybridized carbons (Fsp3) is 0.462. The molecule has 0 spiro atoms. The highest BCUT2D eigenvalue weighted by molar-refractivity contribution is 7.99. The zero-order valence-electron chi connectivity index (χ0n) is 10.7. The van der Waals surface area contributed by atoms with E-state index in [0.717, 1.165) is 12.2 Å². The predicted octanol–water partition coefficient (Wildman–Crippen LogP) is 3.02. The second kappa shape index (κ2) is 6.39. The monoisotopic (exact) mass is 300 g/mol. The summed E-state index contributed by atoms with van der Waals surface area (Å²) in [5.41, 5.74) is 7.19. The topological polar surface area (TPSA) is 64.3 Å². The summed E-state index contributed by atoms with van der Waals surface area (Å²) in [6.07, 6.45) is 2.25. The molecule has 1 aromatic carbocycles. The van der Waals surface area contributed by atoms with E-state index in [-0.39, 0.29) is 0 Å². The Kier molecular flexibility index (Phi) is 4.82. The Morgan fingerprint density at radius 3 is 3.00 bits per heavy atom. The van der Waals surface area contributed by atoms with Crippen molar-refractivity contribution >= 4 is 40.7 Å². The molecule has 1 unspecified atom stereocenters. The number of carbonyl (C=O) groups is 1. The SMILES string of the molecule is COC(=O)c1cc(N)cc(Cl)c1NC1CCCSC1. The number of ether oxygens (including phenoxy) is 1. The van der Waals surface area contributed by atoms with Crippen LogP contribution < -0.4 is 11.1 Å². The Labute approximate surface area is 122 Å². The molecular weight excluding hydrogens is 284 g/mol. The zero-order chi connectivity index (χ0) is 13.8. The molecule has 0 radical (unpaired) electrons. The maximum absolute atomic E-state index is 11.8. The molecule has 2 rings (SSSR count). The average Bonchev–Trinajstić information content (AvgIpc) is 2.42. The van der Waals surface area contributed by atoms with Gasteiger partial charge < -0.3 is 15.8 Å². The fourth-order valence-corrected chi connectivity index (χ4v) is 3.46. The first-order valence-electron chi connectivity index (χ1n) is 6.13. The molecule has 104 valence electrons. The number of nitrogens with one attached hydrogen (secondary N) is 1. The molecule has 1 aliphatic heterocycles. The highest BCUT2D eigenvalue weighted by Gasteiger charge is 2.20. The second-order valence-electron chi connectivity index (χ2n) is 4.48. The molecule has 0 aromatic heterocycles. The molecule has 0 amide bonds. The number of nitrogens with two attached hydrogens (primary N) is 1. The number of nitrogen functional groups attached to an aromatic ring is 1. The number of rotatable bonds is 3. The Bertz CT molecular complexity index is 476. The van der Waals surface area contributed by atoms with Crippen LogP contribution in [0.25, 0.3) is 0 Å². The Balaban J connectivity index is 2.28. The number of methoxy groups -OCH3 is 1. The third kappa shape index (κ3) is 3.48. The van der Waals surface area contributed by atoms with Gasteiger partial charge in [-0.05, 0) is 30.7 Å². The number of hydrogen-bond acceptors (Lipinski definition) is 5. The van der Waals surface area contributed by atoms with Gasteiger partial charge in [0.2, 0.25) is 0 Å². The van der Waals surface area contributed by atoms with Crippen LogP contribution in [0.3, 0.4) is 0 Å². The van der Waals surface area contributed by atoms with Gasteiger partial charge >= 0.3 is 5.97 Å². The normalized spacial score (nSPS) is 18.9. The van der Waals surface area contributed by atoms with Gasteiger partial charge in [0, 0.05) is 17.5 Å². The number of thioether (sulfide) groups is 1. The molecule has 0 bridgehead atoms. The first-order chi connectivity index (χ1) is 9.11. The van der Waals surface area contributed by atoms with Gasteiger partial charge in [-0.2, -0.15) is 11.8 Å². The highest BCUT2D eigenvalue weighted by Crippen LogP contribution is 2.32. The summed E-state index contributed by atoms with van der Waals surface area (Å²) in [6, 6.07) is 3.56. The van der Waals surface area contributed by atoms with E-state index in [1.165, 1.54) is 19.3 Å². The van der Waals surface area contributed by atoms with Crippen molar-refractivity contribution in [2.75, 3.05) is 29.7 Å². The standard InChI is InChI=1S/C13H17ClN2O2S/c1-18-13(17)10-5-8(15)6-11(14)12(10)16-9-3-2-4-19-7-9/h5-6,9,16H,2-4,7,15H2,1H3.